The van der Waals surface area contributed by atoms with Crippen molar-refractivity contribution in [2.24, 2.45) is 0 Å². The highest BCUT2D eigenvalue weighted by atomic mass is 35.5. The number of aryl methyl sites for hydroxylation is 1. The van der Waals surface area contributed by atoms with Gasteiger partial charge in [-0.05, 0) is 6.92 Å². The van der Waals surface area contributed by atoms with Gasteiger partial charge >= 0.3 is 0 Å². The Morgan fingerprint density at radius 1 is 1.33 bits per heavy atom. The summed E-state index contributed by atoms with van der Waals surface area (Å²) in [5.41, 5.74) is 0.988. The number of aromatic nitrogens is 5. The van der Waals surface area contributed by atoms with Crippen molar-refractivity contribution in [3.8, 4) is 0 Å². The van der Waals surface area contributed by atoms with Crippen molar-refractivity contribution < 1.29 is 0 Å². The Balaban J connectivity index is 2.21. The third-order valence-corrected chi connectivity index (χ3v) is 2.56. The molecule has 0 aliphatic carbocycles. The van der Waals surface area contributed by atoms with E-state index in [4.69, 9.17) is 11.6 Å². The van der Waals surface area contributed by atoms with E-state index in [1.165, 1.54) is 0 Å². The van der Waals surface area contributed by atoms with Gasteiger partial charge in [-0.15, -0.1) is 21.8 Å². The molecule has 0 unspecified atom stereocenters. The molecule has 0 amide bonds. The highest BCUT2D eigenvalue weighted by Gasteiger charge is 2.06. The van der Waals surface area contributed by atoms with Gasteiger partial charge in [-0.3, -0.25) is 0 Å². The highest BCUT2D eigenvalue weighted by Crippen LogP contribution is 2.06. The fourth-order valence-electron chi connectivity index (χ4n) is 1.42. The molecule has 0 saturated carbocycles. The number of imidazole rings is 1. The molecule has 2 aromatic rings. The molecule has 15 heavy (non-hydrogen) atoms. The normalized spacial score (nSPS) is 10.8. The second kappa shape index (κ2) is 4.44. The second-order valence-electron chi connectivity index (χ2n) is 3.18. The van der Waals surface area contributed by atoms with Crippen LogP contribution in [0.25, 0.3) is 0 Å². The van der Waals surface area contributed by atoms with E-state index < -0.39 is 0 Å². The van der Waals surface area contributed by atoms with E-state index >= 15 is 0 Å². The summed E-state index contributed by atoms with van der Waals surface area (Å²) < 4.78 is 3.97. The maximum absolute atomic E-state index is 5.78. The molecule has 0 aliphatic heterocycles. The second-order valence-corrected chi connectivity index (χ2v) is 3.45. The predicted molar refractivity (Wildman–Crippen MR) is 56.6 cm³/mol. The Hall–Kier alpha value is -1.36. The van der Waals surface area contributed by atoms with Gasteiger partial charge in [0.05, 0.1) is 24.4 Å². The van der Waals surface area contributed by atoms with Crippen molar-refractivity contribution in [3.63, 3.8) is 0 Å². The molecule has 0 atom stereocenters. The van der Waals surface area contributed by atoms with Crippen LogP contribution in [0.5, 0.6) is 0 Å². The molecule has 0 N–H and O–H groups in total. The molecular weight excluding hydrogens is 214 g/mol. The van der Waals surface area contributed by atoms with Crippen LogP contribution in [0, 0.1) is 0 Å². The van der Waals surface area contributed by atoms with E-state index in [-0.39, 0.29) is 0 Å². The zero-order valence-electron chi connectivity index (χ0n) is 8.47. The zero-order chi connectivity index (χ0) is 10.7. The Morgan fingerprint density at radius 2 is 2.20 bits per heavy atom. The van der Waals surface area contributed by atoms with Gasteiger partial charge in [0, 0.05) is 12.7 Å². The summed E-state index contributed by atoms with van der Waals surface area (Å²) in [4.78, 5) is 4.05. The number of hydrogen-bond donors (Lipinski definition) is 0. The fourth-order valence-corrected chi connectivity index (χ4v) is 1.64. The molecule has 2 rings (SSSR count). The van der Waals surface area contributed by atoms with Gasteiger partial charge in [-0.2, -0.15) is 0 Å². The molecule has 0 radical (unpaired) electrons. The van der Waals surface area contributed by atoms with Crippen molar-refractivity contribution in [1.82, 2.24) is 24.3 Å². The topological polar surface area (TPSA) is 48.5 Å². The highest BCUT2D eigenvalue weighted by molar-refractivity contribution is 6.16. The molecule has 0 bridgehead atoms. The van der Waals surface area contributed by atoms with Crippen molar-refractivity contribution in [2.75, 3.05) is 0 Å². The molecule has 6 heteroatoms. The molecule has 2 heterocycles. The maximum Gasteiger partial charge on any atom is 0.152 e. The lowest BCUT2D eigenvalue weighted by atomic mass is 10.5. The first-order chi connectivity index (χ1) is 7.35. The van der Waals surface area contributed by atoms with E-state index in [0.717, 1.165) is 18.1 Å². The van der Waals surface area contributed by atoms with E-state index in [2.05, 4.69) is 22.1 Å². The third kappa shape index (κ3) is 2.02. The minimum atomic E-state index is 0.459. The summed E-state index contributed by atoms with van der Waals surface area (Å²) in [6.45, 7) is 3.59. The van der Waals surface area contributed by atoms with Gasteiger partial charge in [0.25, 0.3) is 0 Å². The van der Waals surface area contributed by atoms with E-state index in [1.54, 1.807) is 18.9 Å². The Bertz CT molecular complexity index is 393. The number of nitrogens with zero attached hydrogens (tertiary/aromatic N) is 5. The molecule has 5 nitrogen and oxygen atoms in total. The standard InChI is InChI=1S/C9H12ClN5/c1-2-14-7-12-13-9(14)5-15-6-11-4-8(15)3-10/h4,6-7H,2-3,5H2,1H3. The van der Waals surface area contributed by atoms with Gasteiger partial charge in [0.15, 0.2) is 5.82 Å². The Labute approximate surface area is 92.7 Å². The lowest BCUT2D eigenvalue weighted by Crippen LogP contribution is -2.08. The average Bonchev–Trinajstić information content (AvgIpc) is 2.87. The summed E-state index contributed by atoms with van der Waals surface area (Å²) in [7, 11) is 0. The minimum absolute atomic E-state index is 0.459. The van der Waals surface area contributed by atoms with Crippen molar-refractivity contribution in [3.05, 3.63) is 30.4 Å². The molecular formula is C9H12ClN5. The summed E-state index contributed by atoms with van der Waals surface area (Å²) in [6.07, 6.45) is 5.25. The molecule has 2 aromatic heterocycles. The van der Waals surface area contributed by atoms with Crippen LogP contribution < -0.4 is 0 Å². The lowest BCUT2D eigenvalue weighted by molar-refractivity contribution is 0.641. The monoisotopic (exact) mass is 225 g/mol. The number of rotatable bonds is 4. The van der Waals surface area contributed by atoms with E-state index in [0.29, 0.717) is 12.4 Å². The van der Waals surface area contributed by atoms with Crippen LogP contribution in [0.4, 0.5) is 0 Å². The molecule has 0 spiro atoms. The third-order valence-electron chi connectivity index (χ3n) is 2.28. The summed E-state index contributed by atoms with van der Waals surface area (Å²) in [6, 6.07) is 0. The average molecular weight is 226 g/mol. The SMILES string of the molecule is CCn1cnnc1Cn1cncc1CCl. The molecule has 80 valence electrons. The lowest BCUT2D eigenvalue weighted by Gasteiger charge is -2.06. The van der Waals surface area contributed by atoms with Crippen LogP contribution in [0.15, 0.2) is 18.9 Å². The van der Waals surface area contributed by atoms with Crippen LogP contribution in [-0.4, -0.2) is 24.3 Å². The van der Waals surface area contributed by atoms with Crippen molar-refractivity contribution in [2.45, 2.75) is 25.9 Å². The molecule has 0 fully saturated rings. The quantitative estimate of drug-likeness (QED) is 0.737. The summed E-state index contributed by atoms with van der Waals surface area (Å²) >= 11 is 5.78. The molecule has 0 aliphatic rings. The molecule has 0 saturated heterocycles. The summed E-state index contributed by atoms with van der Waals surface area (Å²) in [5.74, 6) is 1.38. The Kier molecular flexibility index (Phi) is 3.01. The number of halogens is 1. The number of hydrogen-bond acceptors (Lipinski definition) is 3. The first-order valence-electron chi connectivity index (χ1n) is 4.76. The van der Waals surface area contributed by atoms with Crippen molar-refractivity contribution >= 4 is 11.6 Å². The van der Waals surface area contributed by atoms with E-state index in [1.807, 2.05) is 9.13 Å². The van der Waals surface area contributed by atoms with Gasteiger partial charge in [-0.25, -0.2) is 4.98 Å². The van der Waals surface area contributed by atoms with Crippen LogP contribution in [0.3, 0.4) is 0 Å². The first kappa shape index (κ1) is 10.2. The predicted octanol–water partition coefficient (Wildman–Crippen LogP) is 1.28. The van der Waals surface area contributed by atoms with Crippen LogP contribution in [0.2, 0.25) is 0 Å². The van der Waals surface area contributed by atoms with Gasteiger partial charge < -0.3 is 9.13 Å². The van der Waals surface area contributed by atoms with Crippen LogP contribution >= 0.6 is 11.6 Å². The first-order valence-corrected chi connectivity index (χ1v) is 5.30. The van der Waals surface area contributed by atoms with Gasteiger partial charge in [-0.1, -0.05) is 0 Å². The largest absolute Gasteiger partial charge is 0.326 e. The fraction of sp³-hybridized carbons (Fsp3) is 0.444. The van der Waals surface area contributed by atoms with Gasteiger partial charge in [0.1, 0.15) is 6.33 Å². The smallest absolute Gasteiger partial charge is 0.152 e. The van der Waals surface area contributed by atoms with Crippen LogP contribution in [-0.2, 0) is 19.0 Å². The zero-order valence-corrected chi connectivity index (χ0v) is 9.22. The number of alkyl halides is 1. The minimum Gasteiger partial charge on any atom is -0.326 e. The van der Waals surface area contributed by atoms with Crippen LogP contribution in [0.1, 0.15) is 18.4 Å². The Morgan fingerprint density at radius 3 is 2.93 bits per heavy atom. The van der Waals surface area contributed by atoms with Gasteiger partial charge in [0.2, 0.25) is 0 Å². The maximum atomic E-state index is 5.78. The summed E-state index contributed by atoms with van der Waals surface area (Å²) in [5, 5.41) is 7.93. The molecule has 0 aromatic carbocycles. The van der Waals surface area contributed by atoms with E-state index in [9.17, 15) is 0 Å². The van der Waals surface area contributed by atoms with Crippen molar-refractivity contribution in [1.29, 1.82) is 0 Å².